The van der Waals surface area contributed by atoms with E-state index in [1.165, 1.54) is 28.3 Å². The van der Waals surface area contributed by atoms with Crippen molar-refractivity contribution in [2.45, 2.75) is 19.8 Å². The van der Waals surface area contributed by atoms with Crippen molar-refractivity contribution in [1.82, 2.24) is 19.0 Å². The highest BCUT2D eigenvalue weighted by Crippen LogP contribution is 2.47. The van der Waals surface area contributed by atoms with E-state index in [1.807, 2.05) is 17.0 Å². The summed E-state index contributed by atoms with van der Waals surface area (Å²) in [6.07, 6.45) is 12.1. The Balaban J connectivity index is 1.61. The van der Waals surface area contributed by atoms with Crippen molar-refractivity contribution in [2.24, 2.45) is 5.41 Å². The summed E-state index contributed by atoms with van der Waals surface area (Å²) < 4.78 is 17.7. The molecule has 0 spiro atoms. The predicted molar refractivity (Wildman–Crippen MR) is 128 cm³/mol. The number of allylic oxidation sites excluding steroid dienone is 2. The van der Waals surface area contributed by atoms with E-state index >= 15 is 0 Å². The van der Waals surface area contributed by atoms with E-state index in [2.05, 4.69) is 59.7 Å². The lowest BCUT2D eigenvalue weighted by Crippen LogP contribution is -2.43. The first-order valence-corrected chi connectivity index (χ1v) is 11.4. The van der Waals surface area contributed by atoms with E-state index in [1.54, 1.807) is 24.1 Å². The van der Waals surface area contributed by atoms with Crippen molar-refractivity contribution >= 4 is 18.0 Å². The second kappa shape index (κ2) is 8.89. The first kappa shape index (κ1) is 21.7. The molecule has 1 fully saturated rings. The topological polar surface area (TPSA) is 24.3 Å². The average molecular weight is 437 g/mol. The summed E-state index contributed by atoms with van der Waals surface area (Å²) in [4.78, 5) is 2.24. The largest absolute Gasteiger partial charge is 0.369 e. The number of nitrogens with zero attached hydrogens (tertiary/aromatic N) is 4. The Morgan fingerprint density at radius 2 is 2.10 bits per heavy atom. The lowest BCUT2D eigenvalue weighted by molar-refractivity contribution is 0.278. The van der Waals surface area contributed by atoms with E-state index in [-0.39, 0.29) is 11.2 Å². The SMILES string of the molecule is C=C/C=C(/SN1CCC2=Cc3c(cnn3-c3ccc(F)cc3)CC2(C=C)C1)N(C)CC. The molecule has 1 aromatic carbocycles. The van der Waals surface area contributed by atoms with Crippen molar-refractivity contribution in [2.75, 3.05) is 26.7 Å². The molecule has 1 atom stereocenters. The maximum atomic E-state index is 13.4. The summed E-state index contributed by atoms with van der Waals surface area (Å²) in [6, 6.07) is 6.50. The molecular formula is C25H29FN4S. The van der Waals surface area contributed by atoms with Gasteiger partial charge in [-0.25, -0.2) is 13.4 Å². The zero-order valence-electron chi connectivity index (χ0n) is 18.2. The summed E-state index contributed by atoms with van der Waals surface area (Å²) in [5, 5.41) is 5.82. The third kappa shape index (κ3) is 4.14. The van der Waals surface area contributed by atoms with Crippen LogP contribution in [0.15, 0.2) is 72.5 Å². The van der Waals surface area contributed by atoms with Crippen LogP contribution >= 0.6 is 11.9 Å². The molecule has 0 N–H and O–H groups in total. The van der Waals surface area contributed by atoms with Crippen LogP contribution in [-0.2, 0) is 6.42 Å². The molecule has 4 rings (SSSR count). The van der Waals surface area contributed by atoms with Crippen LogP contribution in [0.4, 0.5) is 4.39 Å². The van der Waals surface area contributed by atoms with Gasteiger partial charge in [0, 0.05) is 32.1 Å². The first-order chi connectivity index (χ1) is 15.0. The molecule has 1 unspecified atom stereocenters. The van der Waals surface area contributed by atoms with Gasteiger partial charge >= 0.3 is 0 Å². The lowest BCUT2D eigenvalue weighted by atomic mass is 9.69. The second-order valence-corrected chi connectivity index (χ2v) is 9.23. The van der Waals surface area contributed by atoms with Crippen LogP contribution in [0.3, 0.4) is 0 Å². The molecule has 0 radical (unpaired) electrons. The minimum atomic E-state index is -0.239. The standard InChI is InChI=1S/C25H29FN4S/c1-5-8-24(28(4)7-3)31-29-14-13-20-15-23-19(16-25(20,6-2)18-29)17-27-30(23)22-11-9-21(26)10-12-22/h5-6,8-12,15,17H,1-2,7,13-14,16,18H2,3-4H3/b24-8+. The minimum absolute atomic E-state index is 0.0982. The van der Waals surface area contributed by atoms with Crippen LogP contribution in [0.25, 0.3) is 11.8 Å². The van der Waals surface area contributed by atoms with E-state index < -0.39 is 0 Å². The molecule has 0 amide bonds. The van der Waals surface area contributed by atoms with Crippen molar-refractivity contribution in [3.63, 3.8) is 0 Å². The van der Waals surface area contributed by atoms with E-state index in [0.717, 1.165) is 43.9 Å². The Bertz CT molecular complexity index is 1040. The van der Waals surface area contributed by atoms with Crippen LogP contribution in [0.5, 0.6) is 0 Å². The summed E-state index contributed by atoms with van der Waals surface area (Å²) in [7, 11) is 2.11. The van der Waals surface area contributed by atoms with E-state index in [4.69, 9.17) is 0 Å². The quantitative estimate of drug-likeness (QED) is 0.327. The minimum Gasteiger partial charge on any atom is -0.369 e. The summed E-state index contributed by atoms with van der Waals surface area (Å²) in [6.45, 7) is 13.1. The van der Waals surface area contributed by atoms with Gasteiger partial charge in [-0.05, 0) is 73.7 Å². The molecule has 6 heteroatoms. The fourth-order valence-electron chi connectivity index (χ4n) is 4.31. The van der Waals surface area contributed by atoms with Crippen molar-refractivity contribution < 1.29 is 4.39 Å². The molecule has 0 bridgehead atoms. The number of halogens is 1. The van der Waals surface area contributed by atoms with Gasteiger partial charge in [0.25, 0.3) is 0 Å². The number of hydrogen-bond acceptors (Lipinski definition) is 4. The van der Waals surface area contributed by atoms with Crippen LogP contribution in [0.2, 0.25) is 0 Å². The third-order valence-corrected chi connectivity index (χ3v) is 7.43. The highest BCUT2D eigenvalue weighted by molar-refractivity contribution is 8.00. The summed E-state index contributed by atoms with van der Waals surface area (Å²) in [5.41, 5.74) is 4.47. The Labute approximate surface area is 188 Å². The molecule has 2 aromatic rings. The predicted octanol–water partition coefficient (Wildman–Crippen LogP) is 5.46. The number of fused-ring (bicyclic) bond motifs is 2. The fourth-order valence-corrected chi connectivity index (χ4v) is 5.48. The van der Waals surface area contributed by atoms with Gasteiger partial charge in [-0.1, -0.05) is 24.3 Å². The Kier molecular flexibility index (Phi) is 6.21. The highest BCUT2D eigenvalue weighted by atomic mass is 32.2. The van der Waals surface area contributed by atoms with Gasteiger partial charge in [0.15, 0.2) is 0 Å². The van der Waals surface area contributed by atoms with Crippen molar-refractivity contribution in [3.05, 3.63) is 89.5 Å². The number of benzene rings is 1. The Hall–Kier alpha value is -2.57. The zero-order chi connectivity index (χ0) is 22.0. The molecule has 1 aromatic heterocycles. The second-order valence-electron chi connectivity index (χ2n) is 8.11. The molecule has 162 valence electrons. The van der Waals surface area contributed by atoms with Gasteiger partial charge in [0.2, 0.25) is 0 Å². The highest BCUT2D eigenvalue weighted by Gasteiger charge is 2.41. The summed E-state index contributed by atoms with van der Waals surface area (Å²) in [5.74, 6) is -0.239. The van der Waals surface area contributed by atoms with Crippen molar-refractivity contribution in [3.8, 4) is 5.69 Å². The summed E-state index contributed by atoms with van der Waals surface area (Å²) >= 11 is 1.80. The van der Waals surface area contributed by atoms with Gasteiger partial charge in [-0.3, -0.25) is 0 Å². The monoisotopic (exact) mass is 436 g/mol. The number of aromatic nitrogens is 2. The van der Waals surface area contributed by atoms with Crippen LogP contribution < -0.4 is 0 Å². The molecule has 2 aliphatic rings. The smallest absolute Gasteiger partial charge is 0.123 e. The van der Waals surface area contributed by atoms with Gasteiger partial charge in [0.05, 0.1) is 22.6 Å². The van der Waals surface area contributed by atoms with Crippen LogP contribution in [0.1, 0.15) is 24.6 Å². The van der Waals surface area contributed by atoms with Crippen LogP contribution in [-0.4, -0.2) is 45.7 Å². The molecule has 31 heavy (non-hydrogen) atoms. The first-order valence-electron chi connectivity index (χ1n) is 10.6. The van der Waals surface area contributed by atoms with Gasteiger partial charge in [-0.15, -0.1) is 6.58 Å². The fraction of sp³-hybridized carbons (Fsp3) is 0.320. The normalized spacial score (nSPS) is 21.1. The lowest BCUT2D eigenvalue weighted by Gasteiger charge is -2.45. The van der Waals surface area contributed by atoms with E-state index in [9.17, 15) is 4.39 Å². The molecule has 1 aliphatic carbocycles. The molecular weight excluding hydrogens is 407 g/mol. The number of rotatable bonds is 7. The average Bonchev–Trinajstić information content (AvgIpc) is 3.19. The zero-order valence-corrected chi connectivity index (χ0v) is 19.0. The Morgan fingerprint density at radius 3 is 2.77 bits per heavy atom. The molecule has 1 saturated heterocycles. The van der Waals surface area contributed by atoms with Crippen LogP contribution in [0, 0.1) is 11.2 Å². The third-order valence-electron chi connectivity index (χ3n) is 6.23. The number of hydrogen-bond donors (Lipinski definition) is 0. The van der Waals surface area contributed by atoms with Gasteiger partial charge in [-0.2, -0.15) is 5.10 Å². The maximum Gasteiger partial charge on any atom is 0.123 e. The van der Waals surface area contributed by atoms with E-state index in [0.29, 0.717) is 0 Å². The van der Waals surface area contributed by atoms with Gasteiger partial charge in [0.1, 0.15) is 5.82 Å². The Morgan fingerprint density at radius 1 is 1.32 bits per heavy atom. The van der Waals surface area contributed by atoms with Gasteiger partial charge < -0.3 is 4.90 Å². The molecule has 0 saturated carbocycles. The van der Waals surface area contributed by atoms with Crippen molar-refractivity contribution in [1.29, 1.82) is 0 Å². The molecule has 1 aliphatic heterocycles. The number of piperidine rings is 1. The molecule has 2 heterocycles. The molecule has 4 nitrogen and oxygen atoms in total. The maximum absolute atomic E-state index is 13.4.